The third kappa shape index (κ3) is 2.71. The summed E-state index contributed by atoms with van der Waals surface area (Å²) in [5.41, 5.74) is -0.0329. The Balaban J connectivity index is 2.35. The third-order valence-electron chi connectivity index (χ3n) is 4.03. The van der Waals surface area contributed by atoms with Gasteiger partial charge in [-0.1, -0.05) is 0 Å². The molecule has 0 unspecified atom stereocenters. The summed E-state index contributed by atoms with van der Waals surface area (Å²) in [6, 6.07) is 1.58. The molecule has 1 aromatic rings. The minimum Gasteiger partial charge on any atom is -0.399 e. The highest BCUT2D eigenvalue weighted by Crippen LogP contribution is 2.36. The average Bonchev–Trinajstić information content (AvgIpc) is 2.66. The van der Waals surface area contributed by atoms with Crippen molar-refractivity contribution >= 4 is 24.8 Å². The fourth-order valence-corrected chi connectivity index (χ4v) is 2.00. The minimum absolute atomic E-state index is 0.0905. The largest absolute Gasteiger partial charge is 0.496 e. The van der Waals surface area contributed by atoms with Crippen molar-refractivity contribution < 1.29 is 18.9 Å². The molecule has 0 aliphatic carbocycles. The second kappa shape index (κ2) is 5.24. The van der Waals surface area contributed by atoms with Crippen LogP contribution in [0.15, 0.2) is 12.3 Å². The van der Waals surface area contributed by atoms with Gasteiger partial charge in [0.1, 0.15) is 5.69 Å². The van der Waals surface area contributed by atoms with Gasteiger partial charge in [0.25, 0.3) is 5.91 Å². The summed E-state index contributed by atoms with van der Waals surface area (Å²) in [7, 11) is 0.876. The van der Waals surface area contributed by atoms with Gasteiger partial charge in [-0.05, 0) is 33.8 Å². The van der Waals surface area contributed by atoms with Gasteiger partial charge in [-0.25, -0.2) is 0 Å². The van der Waals surface area contributed by atoms with E-state index in [0.717, 1.165) is 0 Å². The SMILES string of the molecule is CNC(=O)c1ncc(B2OC(C)(C)C(C)(C)O2)cc1C=O. The van der Waals surface area contributed by atoms with E-state index >= 15 is 0 Å². The fourth-order valence-electron chi connectivity index (χ4n) is 2.00. The quantitative estimate of drug-likeness (QED) is 0.650. The molecule has 0 aromatic carbocycles. The summed E-state index contributed by atoms with van der Waals surface area (Å²) >= 11 is 0. The van der Waals surface area contributed by atoms with Crippen LogP contribution in [-0.4, -0.2) is 42.5 Å². The van der Waals surface area contributed by atoms with E-state index in [4.69, 9.17) is 9.31 Å². The summed E-state index contributed by atoms with van der Waals surface area (Å²) in [6.07, 6.45) is 2.10. The maximum absolute atomic E-state index is 11.6. The van der Waals surface area contributed by atoms with Crippen molar-refractivity contribution in [2.75, 3.05) is 7.05 Å². The van der Waals surface area contributed by atoms with Crippen LogP contribution in [0.2, 0.25) is 0 Å². The Morgan fingerprint density at radius 1 is 1.29 bits per heavy atom. The number of amides is 1. The van der Waals surface area contributed by atoms with Gasteiger partial charge in [-0.3, -0.25) is 14.6 Å². The van der Waals surface area contributed by atoms with Gasteiger partial charge in [0, 0.05) is 24.3 Å². The molecule has 1 fully saturated rings. The van der Waals surface area contributed by atoms with Crippen molar-refractivity contribution in [2.24, 2.45) is 0 Å². The lowest BCUT2D eigenvalue weighted by atomic mass is 9.79. The van der Waals surface area contributed by atoms with Crippen LogP contribution >= 0.6 is 0 Å². The molecule has 1 aromatic heterocycles. The van der Waals surface area contributed by atoms with Gasteiger partial charge >= 0.3 is 7.12 Å². The first-order chi connectivity index (χ1) is 9.71. The Kier molecular flexibility index (Phi) is 3.90. The standard InChI is InChI=1S/C14H19BN2O4/c1-13(2)14(3,4)21-15(20-13)10-6-9(8-18)11(17-7-10)12(19)16-5/h6-8H,1-5H3,(H,16,19). The summed E-state index contributed by atoms with van der Waals surface area (Å²) in [4.78, 5) is 26.9. The van der Waals surface area contributed by atoms with Crippen LogP contribution in [0, 0.1) is 0 Å². The average molecular weight is 290 g/mol. The van der Waals surface area contributed by atoms with Crippen molar-refractivity contribution in [1.82, 2.24) is 10.3 Å². The predicted octanol–water partition coefficient (Wildman–Crippen LogP) is 0.553. The minimum atomic E-state index is -0.611. The van der Waals surface area contributed by atoms with Crippen molar-refractivity contribution in [3.63, 3.8) is 0 Å². The van der Waals surface area contributed by atoms with Crippen molar-refractivity contribution in [2.45, 2.75) is 38.9 Å². The smallest absolute Gasteiger partial charge is 0.399 e. The molecule has 6 nitrogen and oxygen atoms in total. The number of rotatable bonds is 3. The first-order valence-electron chi connectivity index (χ1n) is 6.74. The van der Waals surface area contributed by atoms with E-state index in [2.05, 4.69) is 10.3 Å². The Bertz CT molecular complexity index is 570. The molecule has 0 atom stereocenters. The molecule has 0 bridgehead atoms. The van der Waals surface area contributed by atoms with Gasteiger partial charge < -0.3 is 14.6 Å². The molecule has 2 heterocycles. The second-order valence-corrected chi connectivity index (χ2v) is 5.99. The van der Waals surface area contributed by atoms with Crippen molar-refractivity contribution in [3.05, 3.63) is 23.5 Å². The van der Waals surface area contributed by atoms with Gasteiger partial charge in [0.2, 0.25) is 0 Å². The lowest BCUT2D eigenvalue weighted by Crippen LogP contribution is -2.41. The normalized spacial score (nSPS) is 19.4. The van der Waals surface area contributed by atoms with E-state index in [1.165, 1.54) is 13.2 Å². The molecular weight excluding hydrogens is 271 g/mol. The lowest BCUT2D eigenvalue weighted by molar-refractivity contribution is 0.00578. The van der Waals surface area contributed by atoms with E-state index in [9.17, 15) is 9.59 Å². The van der Waals surface area contributed by atoms with Crippen LogP contribution in [0.4, 0.5) is 0 Å². The first-order valence-corrected chi connectivity index (χ1v) is 6.74. The number of hydrogen-bond donors (Lipinski definition) is 1. The molecule has 0 radical (unpaired) electrons. The van der Waals surface area contributed by atoms with Crippen LogP contribution in [-0.2, 0) is 9.31 Å². The fraction of sp³-hybridized carbons (Fsp3) is 0.500. The third-order valence-corrected chi connectivity index (χ3v) is 4.03. The second-order valence-electron chi connectivity index (χ2n) is 5.99. The number of nitrogens with zero attached hydrogens (tertiary/aromatic N) is 1. The predicted molar refractivity (Wildman–Crippen MR) is 78.7 cm³/mol. The van der Waals surface area contributed by atoms with Gasteiger partial charge in [-0.15, -0.1) is 0 Å². The highest BCUT2D eigenvalue weighted by atomic mass is 16.7. The molecule has 1 amide bonds. The number of pyridine rings is 1. The number of carbonyl (C=O) groups excluding carboxylic acids is 2. The number of hydrogen-bond acceptors (Lipinski definition) is 5. The summed E-state index contributed by atoms with van der Waals surface area (Å²) in [6.45, 7) is 7.78. The molecule has 1 aliphatic heterocycles. The molecular formula is C14H19BN2O4. The molecule has 1 aliphatic rings. The monoisotopic (exact) mass is 290 g/mol. The number of aldehydes is 1. The summed E-state index contributed by atoms with van der Waals surface area (Å²) in [5.74, 6) is -0.405. The summed E-state index contributed by atoms with van der Waals surface area (Å²) < 4.78 is 11.8. The van der Waals surface area contributed by atoms with E-state index in [-0.39, 0.29) is 11.3 Å². The lowest BCUT2D eigenvalue weighted by Gasteiger charge is -2.32. The molecule has 1 N–H and O–H groups in total. The highest BCUT2D eigenvalue weighted by Gasteiger charge is 2.51. The molecule has 1 saturated heterocycles. The first kappa shape index (κ1) is 15.7. The number of aromatic nitrogens is 1. The number of carbonyl (C=O) groups is 2. The molecule has 0 spiro atoms. The van der Waals surface area contributed by atoms with Crippen LogP contribution in [0.3, 0.4) is 0 Å². The van der Waals surface area contributed by atoms with Crippen molar-refractivity contribution in [1.29, 1.82) is 0 Å². The molecule has 21 heavy (non-hydrogen) atoms. The van der Waals surface area contributed by atoms with Gasteiger partial charge in [0.05, 0.1) is 11.2 Å². The van der Waals surface area contributed by atoms with Crippen molar-refractivity contribution in [3.8, 4) is 0 Å². The number of nitrogens with one attached hydrogen (secondary N) is 1. The maximum Gasteiger partial charge on any atom is 0.496 e. The van der Waals surface area contributed by atoms with Crippen LogP contribution in [0.5, 0.6) is 0 Å². The molecule has 112 valence electrons. The zero-order chi connectivity index (χ0) is 15.8. The molecule has 7 heteroatoms. The Labute approximate surface area is 124 Å². The summed E-state index contributed by atoms with van der Waals surface area (Å²) in [5, 5.41) is 2.45. The van der Waals surface area contributed by atoms with E-state index < -0.39 is 24.2 Å². The Morgan fingerprint density at radius 3 is 2.33 bits per heavy atom. The maximum atomic E-state index is 11.6. The molecule has 2 rings (SSSR count). The van der Waals surface area contributed by atoms with Crippen LogP contribution < -0.4 is 10.8 Å². The van der Waals surface area contributed by atoms with E-state index in [0.29, 0.717) is 11.7 Å². The Hall–Kier alpha value is -1.73. The topological polar surface area (TPSA) is 77.5 Å². The van der Waals surface area contributed by atoms with E-state index in [1.807, 2.05) is 27.7 Å². The highest BCUT2D eigenvalue weighted by molar-refractivity contribution is 6.62. The zero-order valence-corrected chi connectivity index (χ0v) is 12.9. The van der Waals surface area contributed by atoms with Gasteiger partial charge in [-0.2, -0.15) is 0 Å². The van der Waals surface area contributed by atoms with Gasteiger partial charge in [0.15, 0.2) is 6.29 Å². The van der Waals surface area contributed by atoms with E-state index in [1.54, 1.807) is 6.07 Å². The van der Waals surface area contributed by atoms with Crippen LogP contribution in [0.25, 0.3) is 0 Å². The zero-order valence-electron chi connectivity index (χ0n) is 12.9. The van der Waals surface area contributed by atoms with Crippen LogP contribution in [0.1, 0.15) is 48.5 Å². The molecule has 0 saturated carbocycles. The Morgan fingerprint density at radius 2 is 1.86 bits per heavy atom.